The third-order valence-corrected chi connectivity index (χ3v) is 5.97. The highest BCUT2D eigenvalue weighted by Gasteiger charge is 2.35. The van der Waals surface area contributed by atoms with E-state index in [0.717, 1.165) is 31.8 Å². The van der Waals surface area contributed by atoms with E-state index in [4.69, 9.17) is 4.74 Å². The molecule has 1 atom stereocenters. The number of hydrogen-bond donors (Lipinski definition) is 1. The third-order valence-electron chi connectivity index (χ3n) is 5.97. The zero-order valence-electron chi connectivity index (χ0n) is 18.3. The number of hydrogen-bond acceptors (Lipinski definition) is 5. The van der Waals surface area contributed by atoms with Gasteiger partial charge in [-0.2, -0.15) is 0 Å². The largest absolute Gasteiger partial charge is 0.379 e. The van der Waals surface area contributed by atoms with Gasteiger partial charge in [0, 0.05) is 43.4 Å². The summed E-state index contributed by atoms with van der Waals surface area (Å²) < 4.78 is 32.5. The van der Waals surface area contributed by atoms with Crippen molar-refractivity contribution in [2.24, 2.45) is 0 Å². The lowest BCUT2D eigenvalue weighted by molar-refractivity contribution is 0.0355. The summed E-state index contributed by atoms with van der Waals surface area (Å²) in [7, 11) is 0. The van der Waals surface area contributed by atoms with Crippen molar-refractivity contribution in [2.45, 2.75) is 19.4 Å². The van der Waals surface area contributed by atoms with Crippen LogP contribution in [0.4, 0.5) is 8.78 Å². The van der Waals surface area contributed by atoms with Crippen LogP contribution in [0.25, 0.3) is 0 Å². The van der Waals surface area contributed by atoms with Crippen LogP contribution in [-0.2, 0) is 4.74 Å². The molecule has 1 fully saturated rings. The van der Waals surface area contributed by atoms with E-state index in [9.17, 15) is 23.2 Å². The molecule has 2 aromatic carbocycles. The van der Waals surface area contributed by atoms with Crippen molar-refractivity contribution in [1.82, 2.24) is 15.1 Å². The first kappa shape index (κ1) is 23.0. The summed E-state index contributed by atoms with van der Waals surface area (Å²) >= 11 is 0. The van der Waals surface area contributed by atoms with Crippen molar-refractivity contribution in [3.05, 3.63) is 70.3 Å². The zero-order valence-corrected chi connectivity index (χ0v) is 18.3. The van der Waals surface area contributed by atoms with Crippen LogP contribution >= 0.6 is 0 Å². The summed E-state index contributed by atoms with van der Waals surface area (Å²) in [5.41, 5.74) is 0.767. The fraction of sp³-hybridized carbons (Fsp3) is 0.375. The van der Waals surface area contributed by atoms with E-state index in [1.165, 1.54) is 29.2 Å². The summed E-state index contributed by atoms with van der Waals surface area (Å²) in [5.74, 6) is -2.79. The number of morpholine rings is 1. The van der Waals surface area contributed by atoms with E-state index < -0.39 is 29.5 Å². The van der Waals surface area contributed by atoms with Crippen molar-refractivity contribution in [2.75, 3.05) is 39.4 Å². The van der Waals surface area contributed by atoms with Crippen LogP contribution < -0.4 is 5.32 Å². The zero-order chi connectivity index (χ0) is 23.5. The monoisotopic (exact) mass is 457 g/mol. The lowest BCUT2D eigenvalue weighted by Gasteiger charge is -2.27. The van der Waals surface area contributed by atoms with Gasteiger partial charge in [0.25, 0.3) is 17.7 Å². The number of fused-ring (bicyclic) bond motifs is 1. The summed E-state index contributed by atoms with van der Waals surface area (Å²) in [6.07, 6.45) is 0.652. The van der Waals surface area contributed by atoms with Crippen LogP contribution in [0.1, 0.15) is 56.0 Å². The van der Waals surface area contributed by atoms with Gasteiger partial charge >= 0.3 is 0 Å². The number of carbonyl (C=O) groups excluding carboxylic acids is 3. The first-order chi connectivity index (χ1) is 15.8. The molecule has 1 saturated heterocycles. The number of ether oxygens (including phenoxy) is 1. The number of benzene rings is 2. The Morgan fingerprint density at radius 2 is 1.76 bits per heavy atom. The van der Waals surface area contributed by atoms with Crippen molar-refractivity contribution in [1.29, 1.82) is 0 Å². The summed E-state index contributed by atoms with van der Waals surface area (Å²) in [6.45, 7) is 5.68. The second-order valence-corrected chi connectivity index (χ2v) is 8.19. The van der Waals surface area contributed by atoms with Crippen molar-refractivity contribution in [3.8, 4) is 0 Å². The van der Waals surface area contributed by atoms with E-state index in [0.29, 0.717) is 26.2 Å². The summed E-state index contributed by atoms with van der Waals surface area (Å²) in [6, 6.07) is 6.75. The number of rotatable bonds is 7. The second-order valence-electron chi connectivity index (χ2n) is 8.19. The quantitative estimate of drug-likeness (QED) is 0.647. The Morgan fingerprint density at radius 1 is 1.03 bits per heavy atom. The molecule has 174 valence electrons. The molecule has 0 saturated carbocycles. The predicted molar refractivity (Wildman–Crippen MR) is 116 cm³/mol. The van der Waals surface area contributed by atoms with Gasteiger partial charge in [0.05, 0.1) is 30.4 Å². The van der Waals surface area contributed by atoms with Gasteiger partial charge in [0.15, 0.2) is 0 Å². The van der Waals surface area contributed by atoms with Crippen molar-refractivity contribution in [3.63, 3.8) is 0 Å². The standard InChI is InChI=1S/C24H25F2N3O4/c1-15(18-6-4-17(25)14-21(18)26)27-22(30)16-3-5-19-20(13-16)24(32)29(23(19)31)8-2-7-28-9-11-33-12-10-28/h3-6,13-15H,2,7-12H2,1H3,(H,27,30). The van der Waals surface area contributed by atoms with Gasteiger partial charge in [-0.25, -0.2) is 8.78 Å². The fourth-order valence-corrected chi connectivity index (χ4v) is 4.12. The normalized spacial score (nSPS) is 17.2. The van der Waals surface area contributed by atoms with Crippen molar-refractivity contribution < 1.29 is 27.9 Å². The van der Waals surface area contributed by atoms with Gasteiger partial charge in [0.1, 0.15) is 11.6 Å². The molecule has 4 rings (SSSR count). The summed E-state index contributed by atoms with van der Waals surface area (Å²) in [5, 5.41) is 2.64. The van der Waals surface area contributed by atoms with Crippen LogP contribution in [-0.4, -0.2) is 66.9 Å². The average Bonchev–Trinajstić information content (AvgIpc) is 3.04. The first-order valence-electron chi connectivity index (χ1n) is 10.9. The maximum atomic E-state index is 14.0. The number of nitrogens with one attached hydrogen (secondary N) is 1. The highest BCUT2D eigenvalue weighted by atomic mass is 19.1. The van der Waals surface area contributed by atoms with Gasteiger partial charge < -0.3 is 10.1 Å². The molecule has 2 heterocycles. The number of nitrogens with zero attached hydrogens (tertiary/aromatic N) is 2. The molecule has 2 aliphatic rings. The molecule has 1 unspecified atom stereocenters. The maximum absolute atomic E-state index is 14.0. The molecule has 2 aliphatic heterocycles. The Bertz CT molecular complexity index is 1090. The van der Waals surface area contributed by atoms with Crippen molar-refractivity contribution >= 4 is 17.7 Å². The number of carbonyl (C=O) groups is 3. The fourth-order valence-electron chi connectivity index (χ4n) is 4.12. The number of imide groups is 1. The molecule has 0 aliphatic carbocycles. The molecule has 7 nitrogen and oxygen atoms in total. The van der Waals surface area contributed by atoms with Crippen LogP contribution in [0.15, 0.2) is 36.4 Å². The third kappa shape index (κ3) is 4.94. The molecule has 0 radical (unpaired) electrons. The van der Waals surface area contributed by atoms with E-state index in [1.54, 1.807) is 6.92 Å². The minimum Gasteiger partial charge on any atom is -0.379 e. The smallest absolute Gasteiger partial charge is 0.261 e. The maximum Gasteiger partial charge on any atom is 0.261 e. The highest BCUT2D eigenvalue weighted by Crippen LogP contribution is 2.25. The Hall–Kier alpha value is -3.17. The molecule has 0 spiro atoms. The summed E-state index contributed by atoms with van der Waals surface area (Å²) in [4.78, 5) is 41.7. The molecule has 9 heteroatoms. The van der Waals surface area contributed by atoms with Gasteiger partial charge in [-0.3, -0.25) is 24.2 Å². The van der Waals surface area contributed by atoms with Crippen LogP contribution in [0.3, 0.4) is 0 Å². The Balaban J connectivity index is 1.40. The van der Waals surface area contributed by atoms with E-state index in [-0.39, 0.29) is 28.2 Å². The molecule has 3 amide bonds. The molecule has 1 N–H and O–H groups in total. The van der Waals surface area contributed by atoms with Crippen LogP contribution in [0, 0.1) is 11.6 Å². The molecule has 2 aromatic rings. The number of amides is 3. The SMILES string of the molecule is CC(NC(=O)c1ccc2c(c1)C(=O)N(CCCN1CCOCC1)C2=O)c1ccc(F)cc1F. The topological polar surface area (TPSA) is 79.0 Å². The van der Waals surface area contributed by atoms with E-state index in [2.05, 4.69) is 10.2 Å². The van der Waals surface area contributed by atoms with Crippen LogP contribution in [0.5, 0.6) is 0 Å². The molecule has 0 bridgehead atoms. The highest BCUT2D eigenvalue weighted by molar-refractivity contribution is 6.22. The van der Waals surface area contributed by atoms with E-state index >= 15 is 0 Å². The van der Waals surface area contributed by atoms with Gasteiger partial charge in [-0.1, -0.05) is 6.07 Å². The molecular formula is C24H25F2N3O4. The second kappa shape index (κ2) is 9.76. The average molecular weight is 457 g/mol. The van der Waals surface area contributed by atoms with Crippen LogP contribution in [0.2, 0.25) is 0 Å². The minimum atomic E-state index is -0.759. The minimum absolute atomic E-state index is 0.142. The van der Waals surface area contributed by atoms with E-state index in [1.807, 2.05) is 0 Å². The Morgan fingerprint density at radius 3 is 2.48 bits per heavy atom. The lowest BCUT2D eigenvalue weighted by Crippen LogP contribution is -2.39. The molecular weight excluding hydrogens is 432 g/mol. The Kier molecular flexibility index (Phi) is 6.80. The predicted octanol–water partition coefficient (Wildman–Crippen LogP) is 2.77. The first-order valence-corrected chi connectivity index (χ1v) is 10.9. The molecule has 0 aromatic heterocycles. The Labute approximate surface area is 190 Å². The molecule has 33 heavy (non-hydrogen) atoms. The van der Waals surface area contributed by atoms with Gasteiger partial charge in [-0.05, 0) is 37.6 Å². The number of halogens is 2. The van der Waals surface area contributed by atoms with Gasteiger partial charge in [0.2, 0.25) is 0 Å². The van der Waals surface area contributed by atoms with Gasteiger partial charge in [-0.15, -0.1) is 0 Å². The lowest BCUT2D eigenvalue weighted by atomic mass is 10.0.